The molecule has 7 N–H and O–H groups in total. The Morgan fingerprint density at radius 2 is 1.74 bits per heavy atom. The average molecular weight is 746 g/mol. The van der Waals surface area contributed by atoms with E-state index in [1.807, 2.05) is 30.3 Å². The number of nitrogens with one attached hydrogen (secondary N) is 3. The van der Waals surface area contributed by atoms with E-state index in [0.717, 1.165) is 16.5 Å². The normalized spacial score (nSPS) is 16.6. The third-order valence-electron chi connectivity index (χ3n) is 9.77. The smallest absolute Gasteiger partial charge is 0.355 e. The number of hydrogen-bond acceptors (Lipinski definition) is 11. The van der Waals surface area contributed by atoms with Crippen LogP contribution in [0.5, 0.6) is 0 Å². The zero-order valence-electron chi connectivity index (χ0n) is 30.5. The largest absolute Gasteiger partial charge is 0.457 e. The first-order valence-electron chi connectivity index (χ1n) is 18.3. The number of ether oxygens (including phenoxy) is 2. The molecule has 0 unspecified atom stereocenters. The molecule has 3 aromatic rings. The molecule has 288 valence electrons. The summed E-state index contributed by atoms with van der Waals surface area (Å²) in [4.78, 5) is 94.0. The van der Waals surface area contributed by atoms with Crippen LogP contribution in [0.3, 0.4) is 0 Å². The van der Waals surface area contributed by atoms with Crippen LogP contribution in [0, 0.1) is 0 Å². The Labute approximate surface area is 311 Å². The highest BCUT2D eigenvalue weighted by atomic mass is 16.6. The highest BCUT2D eigenvalue weighted by molar-refractivity contribution is 5.91. The molecular formula is C38H47N7O9. The van der Waals surface area contributed by atoms with E-state index in [0.29, 0.717) is 56.6 Å². The van der Waals surface area contributed by atoms with Crippen molar-refractivity contribution in [1.29, 1.82) is 0 Å². The highest BCUT2D eigenvalue weighted by Gasteiger charge is 2.50. The maximum absolute atomic E-state index is 13.7. The van der Waals surface area contributed by atoms with Gasteiger partial charge >= 0.3 is 11.9 Å². The van der Waals surface area contributed by atoms with Gasteiger partial charge in [-0.15, -0.1) is 0 Å². The number of aromatic nitrogens is 2. The van der Waals surface area contributed by atoms with Gasteiger partial charge in [0.1, 0.15) is 18.7 Å². The Bertz CT molecular complexity index is 2010. The number of primary amides is 1. The second kappa shape index (κ2) is 17.5. The fourth-order valence-corrected chi connectivity index (χ4v) is 6.90. The number of para-hydroxylation sites is 1. The molecule has 16 nitrogen and oxygen atoms in total. The van der Waals surface area contributed by atoms with E-state index in [4.69, 9.17) is 25.9 Å². The molecular weight excluding hydrogens is 698 g/mol. The monoisotopic (exact) mass is 745 g/mol. The molecule has 2 aliphatic rings. The van der Waals surface area contributed by atoms with Gasteiger partial charge in [0.05, 0.1) is 35.4 Å². The highest BCUT2D eigenvalue weighted by Crippen LogP contribution is 2.41. The van der Waals surface area contributed by atoms with Gasteiger partial charge in [-0.3, -0.25) is 28.8 Å². The molecule has 1 aromatic carbocycles. The van der Waals surface area contributed by atoms with Crippen LogP contribution in [-0.4, -0.2) is 70.3 Å². The maximum Gasteiger partial charge on any atom is 0.355 e. The minimum atomic E-state index is -1.88. The molecule has 0 spiro atoms. The van der Waals surface area contributed by atoms with Gasteiger partial charge in [-0.25, -0.2) is 9.78 Å². The molecule has 2 aliphatic heterocycles. The number of hydrogen-bond donors (Lipinski definition) is 5. The van der Waals surface area contributed by atoms with E-state index in [1.54, 1.807) is 17.6 Å². The van der Waals surface area contributed by atoms with E-state index < -0.39 is 47.3 Å². The van der Waals surface area contributed by atoms with Crippen LogP contribution in [0.4, 0.5) is 0 Å². The minimum absolute atomic E-state index is 0.00734. The van der Waals surface area contributed by atoms with Crippen LogP contribution in [-0.2, 0) is 57.0 Å². The van der Waals surface area contributed by atoms with Gasteiger partial charge in [0.15, 0.2) is 0 Å². The first kappa shape index (κ1) is 39.6. The summed E-state index contributed by atoms with van der Waals surface area (Å²) in [7, 11) is 0. The average Bonchev–Trinajstić information content (AvgIpc) is 3.50. The lowest BCUT2D eigenvalue weighted by Crippen LogP contribution is -2.52. The summed E-state index contributed by atoms with van der Waals surface area (Å²) in [5.41, 5.74) is 12.0. The number of nitrogens with zero attached hydrogens (tertiary/aromatic N) is 2. The van der Waals surface area contributed by atoms with Crippen LogP contribution in [0.15, 0.2) is 41.2 Å². The molecule has 3 atom stereocenters. The second-order valence-electron chi connectivity index (χ2n) is 13.6. The summed E-state index contributed by atoms with van der Waals surface area (Å²) in [6.07, 6.45) is 2.14. The Morgan fingerprint density at radius 1 is 1.00 bits per heavy atom. The maximum atomic E-state index is 13.7. The fourth-order valence-electron chi connectivity index (χ4n) is 6.90. The van der Waals surface area contributed by atoms with Gasteiger partial charge in [0.2, 0.25) is 29.2 Å². The third kappa shape index (κ3) is 8.76. The fraction of sp³-hybridized carbons (Fsp3) is 0.474. The van der Waals surface area contributed by atoms with Gasteiger partial charge in [-0.2, -0.15) is 0 Å². The lowest BCUT2D eigenvalue weighted by molar-refractivity contribution is -0.189. The molecule has 0 saturated carbocycles. The number of unbranched alkanes of at least 4 members (excludes halogenated alkanes) is 2. The van der Waals surface area contributed by atoms with Gasteiger partial charge < -0.3 is 41.5 Å². The molecule has 0 saturated heterocycles. The number of pyridine rings is 2. The Balaban J connectivity index is 1.15. The van der Waals surface area contributed by atoms with E-state index in [9.17, 15) is 33.6 Å². The minimum Gasteiger partial charge on any atom is -0.457 e. The van der Waals surface area contributed by atoms with Crippen LogP contribution in [0.2, 0.25) is 0 Å². The van der Waals surface area contributed by atoms with E-state index in [2.05, 4.69) is 16.0 Å². The summed E-state index contributed by atoms with van der Waals surface area (Å²) < 4.78 is 12.8. The van der Waals surface area contributed by atoms with Crippen molar-refractivity contribution in [1.82, 2.24) is 25.5 Å². The van der Waals surface area contributed by atoms with Crippen molar-refractivity contribution in [2.75, 3.05) is 13.1 Å². The lowest BCUT2D eigenvalue weighted by Gasteiger charge is -2.35. The third-order valence-corrected chi connectivity index (χ3v) is 9.77. The standard InChI is InChI=1S/C38H47N7O9/c1-3-38(26-19-30-33-24(18-23-10-4-5-11-27(23)43-33)20-45(30)36(51)25(26)21-53-37(38)52)54-32(48)15-14-31(47)41-17-9-7-12-28(34(40)49)44-35(50)29(42-22(2)46)13-6-8-16-39/h4-5,10-11,18-19,28-29H,3,6-9,12-17,20-21,39H2,1-2H3,(H2,40,49)(H,41,47)(H,42,46)(H,44,50)/t28-,29-,38+/m0/s1. The lowest BCUT2D eigenvalue weighted by atomic mass is 9.85. The predicted octanol–water partition coefficient (Wildman–Crippen LogP) is 1.30. The Kier molecular flexibility index (Phi) is 12.8. The number of carbonyl (C=O) groups is 6. The van der Waals surface area contributed by atoms with Gasteiger partial charge in [-0.05, 0) is 69.7 Å². The number of rotatable bonds is 18. The topological polar surface area (TPSA) is 244 Å². The zero-order valence-corrected chi connectivity index (χ0v) is 30.5. The van der Waals surface area contributed by atoms with Crippen molar-refractivity contribution in [2.24, 2.45) is 11.5 Å². The van der Waals surface area contributed by atoms with Crippen LogP contribution in [0.1, 0.15) is 88.3 Å². The summed E-state index contributed by atoms with van der Waals surface area (Å²) >= 11 is 0. The SMILES string of the molecule is CC[C@]1(OC(=O)CCC(=O)NCCCC[C@H](NC(=O)[C@H](CCCCN)NC(C)=O)C(N)=O)C(=O)OCc2c1cc1n(c2=O)Cc2cc3ccccc3nc2-1. The van der Waals surface area contributed by atoms with E-state index >= 15 is 0 Å². The number of amides is 4. The molecule has 5 rings (SSSR count). The second-order valence-corrected chi connectivity index (χ2v) is 13.6. The number of cyclic esters (lactones) is 1. The van der Waals surface area contributed by atoms with Crippen LogP contribution < -0.4 is 33.0 Å². The molecule has 0 fully saturated rings. The molecule has 0 bridgehead atoms. The Morgan fingerprint density at radius 3 is 2.46 bits per heavy atom. The quantitative estimate of drug-likeness (QED) is 0.0718. The van der Waals surface area contributed by atoms with Crippen molar-refractivity contribution in [3.05, 3.63) is 63.4 Å². The summed E-state index contributed by atoms with van der Waals surface area (Å²) in [6, 6.07) is 9.48. The molecule has 2 aromatic heterocycles. The molecule has 54 heavy (non-hydrogen) atoms. The number of carbonyl (C=O) groups excluding carboxylic acids is 6. The van der Waals surface area contributed by atoms with E-state index in [-0.39, 0.29) is 61.4 Å². The van der Waals surface area contributed by atoms with Crippen molar-refractivity contribution in [2.45, 2.75) is 102 Å². The molecule has 4 amide bonds. The van der Waals surface area contributed by atoms with Crippen molar-refractivity contribution < 1.29 is 38.2 Å². The Hall–Kier alpha value is -5.64. The van der Waals surface area contributed by atoms with E-state index in [1.165, 1.54) is 6.92 Å². The van der Waals surface area contributed by atoms with Gasteiger partial charge in [-0.1, -0.05) is 25.1 Å². The number of nitrogens with two attached hydrogens (primary N) is 2. The molecule has 4 heterocycles. The van der Waals surface area contributed by atoms with Crippen molar-refractivity contribution in [3.8, 4) is 11.4 Å². The van der Waals surface area contributed by atoms with Crippen LogP contribution >= 0.6 is 0 Å². The summed E-state index contributed by atoms with van der Waals surface area (Å²) in [5, 5.41) is 8.83. The van der Waals surface area contributed by atoms with Crippen LogP contribution in [0.25, 0.3) is 22.3 Å². The zero-order chi connectivity index (χ0) is 39.0. The van der Waals surface area contributed by atoms with Gasteiger partial charge in [0, 0.05) is 36.4 Å². The predicted molar refractivity (Wildman–Crippen MR) is 196 cm³/mol. The first-order valence-corrected chi connectivity index (χ1v) is 18.3. The number of esters is 2. The van der Waals surface area contributed by atoms with Gasteiger partial charge in [0.25, 0.3) is 5.56 Å². The number of benzene rings is 1. The molecule has 0 aliphatic carbocycles. The number of fused-ring (bicyclic) bond motifs is 5. The summed E-state index contributed by atoms with van der Waals surface area (Å²) in [5.74, 6) is -3.69. The van der Waals surface area contributed by atoms with Crippen molar-refractivity contribution in [3.63, 3.8) is 0 Å². The molecule has 16 heteroatoms. The molecule has 0 radical (unpaired) electrons. The summed E-state index contributed by atoms with van der Waals surface area (Å²) in [6.45, 7) is 3.65. The van der Waals surface area contributed by atoms with Crippen molar-refractivity contribution >= 4 is 46.5 Å². The first-order chi connectivity index (χ1) is 25.9.